The van der Waals surface area contributed by atoms with Gasteiger partial charge in [0.15, 0.2) is 0 Å². The smallest absolute Gasteiger partial charge is 0.244 e. The van der Waals surface area contributed by atoms with Gasteiger partial charge in [-0.1, -0.05) is 50.9 Å². The maximum atomic E-state index is 12.4. The molecule has 0 saturated heterocycles. The molecule has 1 N–H and O–H groups in total. The van der Waals surface area contributed by atoms with Crippen LogP contribution in [0, 0.1) is 0 Å². The summed E-state index contributed by atoms with van der Waals surface area (Å²) >= 11 is 12.3. The normalized spacial score (nSPS) is 11.7. The van der Waals surface area contributed by atoms with Crippen LogP contribution in [0.4, 0.5) is 0 Å². The molecule has 0 saturated carbocycles. The monoisotopic (exact) mass is 381 g/mol. The van der Waals surface area contributed by atoms with Crippen molar-refractivity contribution in [2.75, 3.05) is 0 Å². The maximum absolute atomic E-state index is 12.4. The molecule has 0 fully saturated rings. The van der Waals surface area contributed by atoms with Crippen LogP contribution < -0.4 is 5.43 Å². The largest absolute Gasteiger partial charge is 0.443 e. The van der Waals surface area contributed by atoms with Crippen LogP contribution in [0.1, 0.15) is 50.9 Å². The molecule has 0 amide bonds. The molecular formula is C17H17Cl2N3O3. The van der Waals surface area contributed by atoms with E-state index in [-0.39, 0.29) is 45.1 Å². The maximum Gasteiger partial charge on any atom is 0.244 e. The van der Waals surface area contributed by atoms with Crippen LogP contribution in [0.5, 0.6) is 0 Å². The standard InChI is InChI=1S/C17H17Cl2N3O3/c1-7(2)9-5-24-16(20-9)13-11(18)15(23)12(19)14(22-13)17-21-10(6-25-17)8(3)4/h5-8H,1-4H3,(H,22,23). The van der Waals surface area contributed by atoms with Crippen molar-refractivity contribution in [3.8, 4) is 23.2 Å². The minimum Gasteiger partial charge on any atom is -0.443 e. The van der Waals surface area contributed by atoms with Crippen molar-refractivity contribution in [2.45, 2.75) is 39.5 Å². The number of aromatic nitrogens is 3. The van der Waals surface area contributed by atoms with E-state index in [2.05, 4.69) is 15.0 Å². The molecule has 0 aromatic carbocycles. The number of hydrogen-bond donors (Lipinski definition) is 1. The molecule has 0 bridgehead atoms. The van der Waals surface area contributed by atoms with E-state index in [1.54, 1.807) is 0 Å². The number of pyridine rings is 1. The molecule has 8 heteroatoms. The molecule has 0 aliphatic heterocycles. The SMILES string of the molecule is CC(C)c1coc(-c2[nH]c(-c3nc(C(C)C)co3)c(Cl)c(=O)c2Cl)n1. The summed E-state index contributed by atoms with van der Waals surface area (Å²) < 4.78 is 10.9. The summed E-state index contributed by atoms with van der Waals surface area (Å²) in [6, 6.07) is 0. The highest BCUT2D eigenvalue weighted by Gasteiger charge is 2.23. The second kappa shape index (κ2) is 6.69. The third-order valence-electron chi connectivity index (χ3n) is 3.74. The summed E-state index contributed by atoms with van der Waals surface area (Å²) in [5, 5.41) is -0.192. The van der Waals surface area contributed by atoms with E-state index in [0.717, 1.165) is 11.4 Å². The van der Waals surface area contributed by atoms with Crippen LogP contribution in [0.3, 0.4) is 0 Å². The number of H-pyrrole nitrogens is 1. The number of rotatable bonds is 4. The lowest BCUT2D eigenvalue weighted by Crippen LogP contribution is -2.08. The Morgan fingerprint density at radius 1 is 0.880 bits per heavy atom. The van der Waals surface area contributed by atoms with E-state index >= 15 is 0 Å². The first-order chi connectivity index (χ1) is 11.8. The van der Waals surface area contributed by atoms with Gasteiger partial charge in [0.05, 0.1) is 11.4 Å². The number of halogens is 2. The fourth-order valence-electron chi connectivity index (χ4n) is 2.19. The Kier molecular flexibility index (Phi) is 4.75. The minimum absolute atomic E-state index is 0.0958. The highest BCUT2D eigenvalue weighted by Crippen LogP contribution is 2.32. The predicted molar refractivity (Wildman–Crippen MR) is 96.3 cm³/mol. The van der Waals surface area contributed by atoms with Gasteiger partial charge >= 0.3 is 0 Å². The average Bonchev–Trinajstić information content (AvgIpc) is 3.22. The summed E-state index contributed by atoms with van der Waals surface area (Å²) in [7, 11) is 0. The Morgan fingerprint density at radius 3 is 1.60 bits per heavy atom. The van der Waals surface area contributed by atoms with Gasteiger partial charge in [0.1, 0.15) is 34.0 Å². The molecule has 3 aromatic heterocycles. The lowest BCUT2D eigenvalue weighted by atomic mass is 10.2. The van der Waals surface area contributed by atoms with E-state index in [9.17, 15) is 4.79 Å². The number of hydrogen-bond acceptors (Lipinski definition) is 5. The fraction of sp³-hybridized carbons (Fsp3) is 0.353. The van der Waals surface area contributed by atoms with E-state index in [0.29, 0.717) is 0 Å². The number of oxazole rings is 2. The van der Waals surface area contributed by atoms with Crippen molar-refractivity contribution in [3.05, 3.63) is 44.2 Å². The summed E-state index contributed by atoms with van der Waals surface area (Å²) in [5.41, 5.74) is 1.44. The molecule has 3 aromatic rings. The van der Waals surface area contributed by atoms with Gasteiger partial charge in [0.2, 0.25) is 17.2 Å². The Bertz CT molecular complexity index is 896. The summed E-state index contributed by atoms with van der Waals surface area (Å²) in [5.74, 6) is 0.768. The molecule has 0 radical (unpaired) electrons. The highest BCUT2D eigenvalue weighted by atomic mass is 35.5. The van der Waals surface area contributed by atoms with Crippen molar-refractivity contribution in [2.24, 2.45) is 0 Å². The molecule has 0 aliphatic rings. The lowest BCUT2D eigenvalue weighted by Gasteiger charge is -2.05. The Balaban J connectivity index is 2.16. The van der Waals surface area contributed by atoms with Crippen LogP contribution in [0.2, 0.25) is 10.0 Å². The molecule has 0 atom stereocenters. The zero-order chi connectivity index (χ0) is 18.3. The van der Waals surface area contributed by atoms with Crippen LogP contribution >= 0.6 is 23.2 Å². The van der Waals surface area contributed by atoms with Crippen molar-refractivity contribution < 1.29 is 8.83 Å². The van der Waals surface area contributed by atoms with Crippen LogP contribution in [-0.2, 0) is 0 Å². The molecule has 132 valence electrons. The van der Waals surface area contributed by atoms with Gasteiger partial charge in [-0.25, -0.2) is 9.97 Å². The molecule has 0 spiro atoms. The van der Waals surface area contributed by atoms with E-state index in [1.165, 1.54) is 12.5 Å². The molecular weight excluding hydrogens is 365 g/mol. The van der Waals surface area contributed by atoms with E-state index in [4.69, 9.17) is 32.0 Å². The first kappa shape index (κ1) is 17.8. The van der Waals surface area contributed by atoms with Crippen molar-refractivity contribution in [1.29, 1.82) is 0 Å². The third kappa shape index (κ3) is 3.24. The van der Waals surface area contributed by atoms with Crippen molar-refractivity contribution in [1.82, 2.24) is 15.0 Å². The molecule has 6 nitrogen and oxygen atoms in total. The topological polar surface area (TPSA) is 84.9 Å². The van der Waals surface area contributed by atoms with E-state index in [1.807, 2.05) is 27.7 Å². The summed E-state index contributed by atoms with van der Waals surface area (Å²) in [6.45, 7) is 7.94. The highest BCUT2D eigenvalue weighted by molar-refractivity contribution is 6.37. The minimum atomic E-state index is -0.541. The Morgan fingerprint density at radius 2 is 1.28 bits per heavy atom. The van der Waals surface area contributed by atoms with Gasteiger partial charge in [-0.05, 0) is 11.8 Å². The second-order valence-corrected chi connectivity index (χ2v) is 7.05. The molecule has 3 rings (SSSR count). The molecule has 25 heavy (non-hydrogen) atoms. The van der Waals surface area contributed by atoms with Gasteiger partial charge < -0.3 is 13.8 Å². The van der Waals surface area contributed by atoms with E-state index < -0.39 is 5.43 Å². The van der Waals surface area contributed by atoms with Crippen molar-refractivity contribution in [3.63, 3.8) is 0 Å². The fourth-order valence-corrected chi connectivity index (χ4v) is 2.68. The quantitative estimate of drug-likeness (QED) is 0.667. The van der Waals surface area contributed by atoms with Gasteiger partial charge in [0.25, 0.3) is 0 Å². The first-order valence-corrected chi connectivity index (χ1v) is 8.58. The lowest BCUT2D eigenvalue weighted by molar-refractivity contribution is 0.564. The van der Waals surface area contributed by atoms with Crippen LogP contribution in [0.15, 0.2) is 26.2 Å². The molecule has 3 heterocycles. The summed E-state index contributed by atoms with van der Waals surface area (Å²) in [4.78, 5) is 24.1. The number of aromatic amines is 1. The van der Waals surface area contributed by atoms with Gasteiger partial charge in [-0.3, -0.25) is 4.79 Å². The predicted octanol–water partition coefficient (Wildman–Crippen LogP) is 5.24. The Hall–Kier alpha value is -2.05. The second-order valence-electron chi connectivity index (χ2n) is 6.30. The zero-order valence-electron chi connectivity index (χ0n) is 14.2. The molecule has 0 aliphatic carbocycles. The number of nitrogens with zero attached hydrogens (tertiary/aromatic N) is 2. The van der Waals surface area contributed by atoms with Gasteiger partial charge in [-0.15, -0.1) is 0 Å². The van der Waals surface area contributed by atoms with Gasteiger partial charge in [-0.2, -0.15) is 0 Å². The average molecular weight is 382 g/mol. The van der Waals surface area contributed by atoms with Crippen molar-refractivity contribution >= 4 is 23.2 Å². The molecule has 0 unspecified atom stereocenters. The number of nitrogens with one attached hydrogen (secondary N) is 1. The summed E-state index contributed by atoms with van der Waals surface area (Å²) in [6.07, 6.45) is 3.07. The zero-order valence-corrected chi connectivity index (χ0v) is 15.7. The van der Waals surface area contributed by atoms with Crippen LogP contribution in [0.25, 0.3) is 23.2 Å². The first-order valence-electron chi connectivity index (χ1n) is 7.82. The Labute approximate surface area is 154 Å². The van der Waals surface area contributed by atoms with Crippen LogP contribution in [-0.4, -0.2) is 15.0 Å². The third-order valence-corrected chi connectivity index (χ3v) is 4.46. The van der Waals surface area contributed by atoms with Gasteiger partial charge in [0, 0.05) is 0 Å².